The smallest absolute Gasteiger partial charge is 0.248 e. The lowest BCUT2D eigenvalue weighted by atomic mass is 9.81. The zero-order valence-electron chi connectivity index (χ0n) is 12.2. The van der Waals surface area contributed by atoms with Crippen LogP contribution in [0.3, 0.4) is 0 Å². The lowest BCUT2D eigenvalue weighted by Crippen LogP contribution is -2.50. The van der Waals surface area contributed by atoms with E-state index >= 15 is 0 Å². The summed E-state index contributed by atoms with van der Waals surface area (Å²) in [4.78, 5) is 12.8. The second kappa shape index (κ2) is 6.44. The Morgan fingerprint density at radius 1 is 1.27 bits per heavy atom. The molecule has 1 heterocycles. The van der Waals surface area contributed by atoms with Gasteiger partial charge in [-0.1, -0.05) is 49.1 Å². The largest absolute Gasteiger partial charge is 0.350 e. The van der Waals surface area contributed by atoms with Crippen molar-refractivity contribution in [3.05, 3.63) is 41.2 Å². The molecule has 1 amide bonds. The lowest BCUT2D eigenvalue weighted by Gasteiger charge is -2.35. The highest BCUT2D eigenvalue weighted by molar-refractivity contribution is 6.31. The molecule has 1 aliphatic carbocycles. The summed E-state index contributed by atoms with van der Waals surface area (Å²) in [7, 11) is 0. The van der Waals surface area contributed by atoms with Crippen LogP contribution in [-0.2, 0) is 16.9 Å². The Morgan fingerprint density at radius 3 is 2.73 bits per heavy atom. The number of nitrogens with one attached hydrogen (secondary N) is 1. The predicted molar refractivity (Wildman–Crippen MR) is 82.2 cm³/mol. The molecule has 0 spiro atoms. The minimum atomic E-state index is -0.678. The Balaban J connectivity index is 1.77. The van der Waals surface area contributed by atoms with Gasteiger partial charge in [0.2, 0.25) is 5.91 Å². The monoisotopic (exact) mass is 319 g/mol. The maximum Gasteiger partial charge on any atom is 0.248 e. The topological polar surface area (TPSA) is 72.7 Å². The summed E-state index contributed by atoms with van der Waals surface area (Å²) in [5.74, 6) is -0.0422. The number of hydrogen-bond donors (Lipinski definition) is 1. The molecule has 0 saturated heterocycles. The molecule has 1 aromatic heterocycles. The third-order valence-electron chi connectivity index (χ3n) is 4.29. The number of rotatable bonds is 4. The number of hydrogen-bond acceptors (Lipinski definition) is 4. The molecule has 0 unspecified atom stereocenters. The van der Waals surface area contributed by atoms with Gasteiger partial charge in [0.05, 0.1) is 0 Å². The number of benzene rings is 1. The molecule has 1 saturated carbocycles. The SMILES string of the molecule is O=C(NCc1ccccc1Cl)C1(n2cnnn2)CCCCC1. The fourth-order valence-electron chi connectivity index (χ4n) is 3.04. The molecule has 1 fully saturated rings. The standard InChI is InChI=1S/C15H18ClN5O/c16-13-7-3-2-6-12(13)10-17-14(22)15(8-4-1-5-9-15)21-11-18-19-20-21/h2-3,6-7,11H,1,4-5,8-10H2,(H,17,22). The van der Waals surface area contributed by atoms with Crippen molar-refractivity contribution in [2.24, 2.45) is 0 Å². The fraction of sp³-hybridized carbons (Fsp3) is 0.467. The maximum atomic E-state index is 12.8. The first-order chi connectivity index (χ1) is 10.7. The Bertz CT molecular complexity index is 637. The van der Waals surface area contributed by atoms with Crippen LogP contribution in [0.1, 0.15) is 37.7 Å². The van der Waals surface area contributed by atoms with Gasteiger partial charge in [0, 0.05) is 11.6 Å². The Labute approximate surface area is 133 Å². The van der Waals surface area contributed by atoms with Crippen LogP contribution in [0, 0.1) is 0 Å². The summed E-state index contributed by atoms with van der Waals surface area (Å²) in [5, 5.41) is 15.0. The minimum absolute atomic E-state index is 0.0422. The molecule has 0 radical (unpaired) electrons. The molecule has 2 aromatic rings. The van der Waals surface area contributed by atoms with E-state index in [9.17, 15) is 4.79 Å². The summed E-state index contributed by atoms with van der Waals surface area (Å²) < 4.78 is 1.61. The summed E-state index contributed by atoms with van der Waals surface area (Å²) >= 11 is 6.14. The van der Waals surface area contributed by atoms with E-state index in [2.05, 4.69) is 20.8 Å². The van der Waals surface area contributed by atoms with E-state index in [0.717, 1.165) is 37.7 Å². The molecule has 7 heteroatoms. The molecule has 1 N–H and O–H groups in total. The maximum absolute atomic E-state index is 12.8. The van der Waals surface area contributed by atoms with E-state index in [-0.39, 0.29) is 5.91 Å². The van der Waals surface area contributed by atoms with Crippen molar-refractivity contribution < 1.29 is 4.79 Å². The highest BCUT2D eigenvalue weighted by Gasteiger charge is 2.42. The van der Waals surface area contributed by atoms with Crippen molar-refractivity contribution in [2.75, 3.05) is 0 Å². The molecular weight excluding hydrogens is 302 g/mol. The van der Waals surface area contributed by atoms with Gasteiger partial charge in [-0.3, -0.25) is 4.79 Å². The second-order valence-electron chi connectivity index (χ2n) is 5.62. The number of carbonyl (C=O) groups excluding carboxylic acids is 1. The number of amides is 1. The molecule has 116 valence electrons. The van der Waals surface area contributed by atoms with Crippen LogP contribution in [0.4, 0.5) is 0 Å². The molecular formula is C15H18ClN5O. The zero-order chi connectivity index (χ0) is 15.4. The summed E-state index contributed by atoms with van der Waals surface area (Å²) in [6.45, 7) is 0.405. The van der Waals surface area contributed by atoms with Crippen molar-refractivity contribution in [3.63, 3.8) is 0 Å². The van der Waals surface area contributed by atoms with Gasteiger partial charge in [0.25, 0.3) is 0 Å². The average Bonchev–Trinajstić information content (AvgIpc) is 3.09. The fourth-order valence-corrected chi connectivity index (χ4v) is 3.24. The Hall–Kier alpha value is -1.95. The van der Waals surface area contributed by atoms with Crippen LogP contribution in [0.2, 0.25) is 5.02 Å². The quantitative estimate of drug-likeness (QED) is 0.938. The van der Waals surface area contributed by atoms with E-state index in [1.807, 2.05) is 24.3 Å². The van der Waals surface area contributed by atoms with Crippen molar-refractivity contribution in [1.82, 2.24) is 25.5 Å². The first kappa shape index (κ1) is 15.0. The summed E-state index contributed by atoms with van der Waals surface area (Å²) in [5.41, 5.74) is 0.225. The van der Waals surface area contributed by atoms with Crippen molar-refractivity contribution in [3.8, 4) is 0 Å². The van der Waals surface area contributed by atoms with E-state index in [1.165, 1.54) is 6.33 Å². The van der Waals surface area contributed by atoms with Crippen molar-refractivity contribution in [1.29, 1.82) is 0 Å². The highest BCUT2D eigenvalue weighted by atomic mass is 35.5. The van der Waals surface area contributed by atoms with Crippen LogP contribution in [0.25, 0.3) is 0 Å². The highest BCUT2D eigenvalue weighted by Crippen LogP contribution is 2.34. The Morgan fingerprint density at radius 2 is 2.05 bits per heavy atom. The van der Waals surface area contributed by atoms with Crippen molar-refractivity contribution >= 4 is 17.5 Å². The van der Waals surface area contributed by atoms with Crippen LogP contribution in [0.15, 0.2) is 30.6 Å². The lowest BCUT2D eigenvalue weighted by molar-refractivity contribution is -0.132. The van der Waals surface area contributed by atoms with Gasteiger partial charge in [-0.15, -0.1) is 5.10 Å². The van der Waals surface area contributed by atoms with Gasteiger partial charge in [-0.05, 0) is 34.9 Å². The number of aromatic nitrogens is 4. The summed E-state index contributed by atoms with van der Waals surface area (Å²) in [6, 6.07) is 7.51. The zero-order valence-corrected chi connectivity index (χ0v) is 13.0. The first-order valence-corrected chi connectivity index (χ1v) is 7.85. The van der Waals surface area contributed by atoms with Crippen LogP contribution < -0.4 is 5.32 Å². The third-order valence-corrected chi connectivity index (χ3v) is 4.66. The summed E-state index contributed by atoms with van der Waals surface area (Å²) in [6.07, 6.45) is 6.18. The molecule has 1 aliphatic rings. The third kappa shape index (κ3) is 2.83. The van der Waals surface area contributed by atoms with E-state index < -0.39 is 5.54 Å². The van der Waals surface area contributed by atoms with Gasteiger partial charge in [-0.2, -0.15) is 0 Å². The molecule has 3 rings (SSSR count). The van der Waals surface area contributed by atoms with Gasteiger partial charge in [0.15, 0.2) is 0 Å². The predicted octanol–water partition coefficient (Wildman–Crippen LogP) is 2.30. The molecule has 0 atom stereocenters. The number of nitrogens with zero attached hydrogens (tertiary/aromatic N) is 4. The number of tetrazole rings is 1. The van der Waals surface area contributed by atoms with Gasteiger partial charge < -0.3 is 5.32 Å². The Kier molecular flexibility index (Phi) is 4.38. The molecule has 22 heavy (non-hydrogen) atoms. The molecule has 0 aliphatic heterocycles. The van der Waals surface area contributed by atoms with Crippen LogP contribution in [0.5, 0.6) is 0 Å². The van der Waals surface area contributed by atoms with E-state index in [1.54, 1.807) is 4.68 Å². The second-order valence-corrected chi connectivity index (χ2v) is 6.03. The van der Waals surface area contributed by atoms with Gasteiger partial charge >= 0.3 is 0 Å². The first-order valence-electron chi connectivity index (χ1n) is 7.47. The van der Waals surface area contributed by atoms with Gasteiger partial charge in [0.1, 0.15) is 11.9 Å². The number of halogens is 1. The molecule has 0 bridgehead atoms. The van der Waals surface area contributed by atoms with Crippen LogP contribution >= 0.6 is 11.6 Å². The average molecular weight is 320 g/mol. The van der Waals surface area contributed by atoms with Crippen LogP contribution in [-0.4, -0.2) is 26.1 Å². The van der Waals surface area contributed by atoms with Gasteiger partial charge in [-0.25, -0.2) is 4.68 Å². The van der Waals surface area contributed by atoms with E-state index in [4.69, 9.17) is 11.6 Å². The van der Waals surface area contributed by atoms with Crippen molar-refractivity contribution in [2.45, 2.75) is 44.2 Å². The molecule has 1 aromatic carbocycles. The molecule has 6 nitrogen and oxygen atoms in total. The normalized spacial score (nSPS) is 17.1. The minimum Gasteiger partial charge on any atom is -0.350 e. The number of carbonyl (C=O) groups is 1. The van der Waals surface area contributed by atoms with E-state index in [0.29, 0.717) is 11.6 Å².